The van der Waals surface area contributed by atoms with E-state index in [4.69, 9.17) is 4.42 Å². The van der Waals surface area contributed by atoms with Crippen molar-refractivity contribution in [2.45, 2.75) is 0 Å². The Kier molecular flexibility index (Phi) is 7.39. The fraction of sp³-hybridized carbons (Fsp3) is 0. The van der Waals surface area contributed by atoms with Gasteiger partial charge in [0.25, 0.3) is 0 Å². The van der Waals surface area contributed by atoms with Crippen molar-refractivity contribution in [3.8, 4) is 33.4 Å². The first kappa shape index (κ1) is 31.6. The van der Waals surface area contributed by atoms with Crippen LogP contribution in [0.1, 0.15) is 0 Å². The summed E-state index contributed by atoms with van der Waals surface area (Å²) in [6.45, 7) is 0. The predicted octanol–water partition coefficient (Wildman–Crippen LogP) is 15.6. The third-order valence-corrected chi connectivity index (χ3v) is 12.0. The van der Waals surface area contributed by atoms with Crippen LogP contribution in [0.25, 0.3) is 86.3 Å². The molecular formula is C52H33NOS. The standard InChI is InChI=1S/C52H33NOS/c1-2-9-38-31-41(21-20-34(38)8-1)40-11-7-10-39(30-40)37-18-16-35(17-19-37)36-22-24-42(25-23-36)53(43-26-28-46-45-12-3-5-14-49(45)54-50(46)32-43)44-27-29-48-47-13-4-6-15-51(47)55-52(48)33-44/h1-33H. The maximum atomic E-state index is 6.36. The van der Waals surface area contributed by atoms with E-state index in [-0.39, 0.29) is 0 Å². The average Bonchev–Trinajstić information content (AvgIpc) is 3.82. The fourth-order valence-electron chi connectivity index (χ4n) is 8.06. The summed E-state index contributed by atoms with van der Waals surface area (Å²) in [6.07, 6.45) is 0. The third-order valence-electron chi connectivity index (χ3n) is 10.9. The summed E-state index contributed by atoms with van der Waals surface area (Å²) in [5, 5.41) is 7.37. The Hall–Kier alpha value is -6.94. The van der Waals surface area contributed by atoms with Crippen molar-refractivity contribution in [3.63, 3.8) is 0 Å². The second kappa shape index (κ2) is 12.9. The smallest absolute Gasteiger partial charge is 0.137 e. The highest BCUT2D eigenvalue weighted by Gasteiger charge is 2.17. The molecule has 3 heteroatoms. The summed E-state index contributed by atoms with van der Waals surface area (Å²) >= 11 is 1.84. The molecule has 0 atom stereocenters. The highest BCUT2D eigenvalue weighted by Crippen LogP contribution is 2.42. The topological polar surface area (TPSA) is 16.4 Å². The Labute approximate surface area is 322 Å². The Balaban J connectivity index is 0.937. The van der Waals surface area contributed by atoms with Crippen LogP contribution in [0.5, 0.6) is 0 Å². The van der Waals surface area contributed by atoms with Crippen LogP contribution in [-0.2, 0) is 0 Å². The van der Waals surface area contributed by atoms with Gasteiger partial charge in [0.15, 0.2) is 0 Å². The van der Waals surface area contributed by atoms with Crippen LogP contribution in [0.4, 0.5) is 17.1 Å². The summed E-state index contributed by atoms with van der Waals surface area (Å²) in [5.74, 6) is 0. The molecule has 0 saturated carbocycles. The molecular weight excluding hydrogens is 687 g/mol. The lowest BCUT2D eigenvalue weighted by atomic mass is 9.96. The molecule has 2 heterocycles. The van der Waals surface area contributed by atoms with Crippen molar-refractivity contribution in [1.29, 1.82) is 0 Å². The Bertz CT molecular complexity index is 3090. The van der Waals surface area contributed by atoms with Gasteiger partial charge in [-0.05, 0) is 105 Å². The maximum absolute atomic E-state index is 6.36. The molecule has 0 bridgehead atoms. The van der Waals surface area contributed by atoms with E-state index in [2.05, 4.69) is 193 Å². The fourth-order valence-corrected chi connectivity index (χ4v) is 9.20. The van der Waals surface area contributed by atoms with Crippen LogP contribution in [0.2, 0.25) is 0 Å². The van der Waals surface area contributed by atoms with Crippen molar-refractivity contribution < 1.29 is 4.42 Å². The minimum Gasteiger partial charge on any atom is -0.456 e. The molecule has 0 aliphatic heterocycles. The molecule has 258 valence electrons. The number of para-hydroxylation sites is 1. The molecule has 55 heavy (non-hydrogen) atoms. The first-order chi connectivity index (χ1) is 27.2. The molecule has 0 fully saturated rings. The zero-order valence-electron chi connectivity index (χ0n) is 29.8. The zero-order chi connectivity index (χ0) is 36.3. The van der Waals surface area contributed by atoms with E-state index < -0.39 is 0 Å². The summed E-state index contributed by atoms with van der Waals surface area (Å²) in [5.41, 5.74) is 12.2. The van der Waals surface area contributed by atoms with Crippen molar-refractivity contribution in [1.82, 2.24) is 0 Å². The molecule has 9 aromatic carbocycles. The van der Waals surface area contributed by atoms with Gasteiger partial charge in [-0.1, -0.05) is 133 Å². The number of thiophene rings is 1. The highest BCUT2D eigenvalue weighted by atomic mass is 32.1. The van der Waals surface area contributed by atoms with Crippen LogP contribution in [0.15, 0.2) is 205 Å². The number of hydrogen-bond donors (Lipinski definition) is 0. The number of furan rings is 1. The van der Waals surface area contributed by atoms with Gasteiger partial charge >= 0.3 is 0 Å². The van der Waals surface area contributed by atoms with Crippen LogP contribution in [0, 0.1) is 0 Å². The van der Waals surface area contributed by atoms with Crippen LogP contribution in [-0.4, -0.2) is 0 Å². The van der Waals surface area contributed by atoms with Gasteiger partial charge in [0, 0.05) is 54.1 Å². The van der Waals surface area contributed by atoms with Gasteiger partial charge in [-0.3, -0.25) is 0 Å². The monoisotopic (exact) mass is 719 g/mol. The number of hydrogen-bond acceptors (Lipinski definition) is 3. The highest BCUT2D eigenvalue weighted by molar-refractivity contribution is 7.25. The summed E-state index contributed by atoms with van der Waals surface area (Å²) in [6, 6.07) is 72.3. The molecule has 2 nitrogen and oxygen atoms in total. The first-order valence-electron chi connectivity index (χ1n) is 18.6. The molecule has 0 spiro atoms. The van der Waals surface area contributed by atoms with E-state index in [1.165, 1.54) is 64.3 Å². The number of fused-ring (bicyclic) bond motifs is 7. The Morgan fingerprint density at radius 2 is 0.855 bits per heavy atom. The SMILES string of the molecule is c1cc(-c2ccc(-c3ccc(N(c4ccc5c(c4)oc4ccccc45)c4ccc5c(c4)sc4ccccc45)cc3)cc2)cc(-c2ccc3ccccc3c2)c1. The molecule has 11 rings (SSSR count). The van der Waals surface area contributed by atoms with Crippen LogP contribution < -0.4 is 4.90 Å². The quantitative estimate of drug-likeness (QED) is 0.170. The largest absolute Gasteiger partial charge is 0.456 e. The molecule has 0 amide bonds. The predicted molar refractivity (Wildman–Crippen MR) is 235 cm³/mol. The lowest BCUT2D eigenvalue weighted by Gasteiger charge is -2.26. The number of anilines is 3. The van der Waals surface area contributed by atoms with Gasteiger partial charge in [-0.15, -0.1) is 11.3 Å². The molecule has 2 aromatic heterocycles. The number of benzene rings is 9. The minimum absolute atomic E-state index is 0.881. The van der Waals surface area contributed by atoms with Gasteiger partial charge in [0.2, 0.25) is 0 Å². The van der Waals surface area contributed by atoms with Gasteiger partial charge in [-0.25, -0.2) is 0 Å². The van der Waals surface area contributed by atoms with Gasteiger partial charge in [0.1, 0.15) is 11.2 Å². The summed E-state index contributed by atoms with van der Waals surface area (Å²) in [4.78, 5) is 2.34. The Morgan fingerprint density at radius 1 is 0.309 bits per heavy atom. The van der Waals surface area contributed by atoms with Gasteiger partial charge < -0.3 is 9.32 Å². The lowest BCUT2D eigenvalue weighted by Crippen LogP contribution is -2.09. The molecule has 11 aromatic rings. The van der Waals surface area contributed by atoms with Crippen molar-refractivity contribution in [2.24, 2.45) is 0 Å². The van der Waals surface area contributed by atoms with E-state index in [1.807, 2.05) is 23.5 Å². The molecule has 0 N–H and O–H groups in total. The van der Waals surface area contributed by atoms with E-state index >= 15 is 0 Å². The third kappa shape index (κ3) is 5.56. The Morgan fingerprint density at radius 3 is 1.67 bits per heavy atom. The zero-order valence-corrected chi connectivity index (χ0v) is 30.6. The van der Waals surface area contributed by atoms with E-state index in [0.717, 1.165) is 39.0 Å². The first-order valence-corrected chi connectivity index (χ1v) is 19.5. The van der Waals surface area contributed by atoms with Gasteiger partial charge in [0.05, 0.1) is 0 Å². The molecule has 0 radical (unpaired) electrons. The normalized spacial score (nSPS) is 11.6. The van der Waals surface area contributed by atoms with E-state index in [1.54, 1.807) is 0 Å². The van der Waals surface area contributed by atoms with Crippen LogP contribution in [0.3, 0.4) is 0 Å². The van der Waals surface area contributed by atoms with Crippen LogP contribution >= 0.6 is 11.3 Å². The van der Waals surface area contributed by atoms with E-state index in [9.17, 15) is 0 Å². The summed E-state index contributed by atoms with van der Waals surface area (Å²) < 4.78 is 8.94. The summed E-state index contributed by atoms with van der Waals surface area (Å²) in [7, 11) is 0. The molecule has 0 unspecified atom stereocenters. The molecule has 0 aliphatic carbocycles. The lowest BCUT2D eigenvalue weighted by molar-refractivity contribution is 0.669. The second-order valence-corrected chi connectivity index (χ2v) is 15.2. The maximum Gasteiger partial charge on any atom is 0.137 e. The number of rotatable bonds is 6. The molecule has 0 saturated heterocycles. The average molecular weight is 720 g/mol. The second-order valence-electron chi connectivity index (χ2n) is 14.2. The van der Waals surface area contributed by atoms with Crippen molar-refractivity contribution in [2.75, 3.05) is 4.90 Å². The molecule has 0 aliphatic rings. The van der Waals surface area contributed by atoms with Gasteiger partial charge in [-0.2, -0.15) is 0 Å². The number of nitrogens with zero attached hydrogens (tertiary/aromatic N) is 1. The minimum atomic E-state index is 0.881. The van der Waals surface area contributed by atoms with Crippen molar-refractivity contribution >= 4 is 81.3 Å². The van der Waals surface area contributed by atoms with E-state index in [0.29, 0.717) is 0 Å². The van der Waals surface area contributed by atoms with Crippen molar-refractivity contribution in [3.05, 3.63) is 200 Å².